The molecule has 0 saturated heterocycles. The first kappa shape index (κ1) is 15.1. The summed E-state index contributed by atoms with van der Waals surface area (Å²) in [6, 6.07) is 6.82. The summed E-state index contributed by atoms with van der Waals surface area (Å²) in [5.74, 6) is -0.454. The summed E-state index contributed by atoms with van der Waals surface area (Å²) in [5.41, 5.74) is 0.0513. The Morgan fingerprint density at radius 3 is 2.67 bits per heavy atom. The van der Waals surface area contributed by atoms with Crippen LogP contribution in [-0.2, 0) is 9.59 Å². The first-order valence-electron chi connectivity index (χ1n) is 6.73. The third-order valence-electron chi connectivity index (χ3n) is 3.41. The van der Waals surface area contributed by atoms with Crippen LogP contribution in [0.25, 0.3) is 0 Å². The molecule has 0 atom stereocenters. The van der Waals surface area contributed by atoms with Crippen LogP contribution in [0.1, 0.15) is 26.7 Å². The molecule has 1 aliphatic rings. The van der Waals surface area contributed by atoms with Crippen molar-refractivity contribution in [3.63, 3.8) is 0 Å². The largest absolute Gasteiger partial charge is 0.511 e. The Hall–Kier alpha value is -2.30. The molecule has 5 nitrogen and oxygen atoms in total. The lowest BCUT2D eigenvalue weighted by molar-refractivity contribution is -0.122. The minimum atomic E-state index is -0.582. The number of aliphatic hydroxyl groups is 1. The van der Waals surface area contributed by atoms with Gasteiger partial charge in [-0.05, 0) is 17.5 Å². The van der Waals surface area contributed by atoms with E-state index in [4.69, 9.17) is 4.74 Å². The topological polar surface area (TPSA) is 75.6 Å². The number of carbonyl (C=O) groups is 2. The molecule has 0 aliphatic heterocycles. The van der Waals surface area contributed by atoms with Crippen molar-refractivity contribution in [2.75, 3.05) is 12.4 Å². The SMILES string of the molecule is COc1cccc(NC(=O)C2=C(O)CC(C)(C)CC2=O)c1. The van der Waals surface area contributed by atoms with Crippen LogP contribution in [0, 0.1) is 5.41 Å². The Morgan fingerprint density at radius 2 is 2.05 bits per heavy atom. The molecule has 112 valence electrons. The second-order valence-electron chi connectivity index (χ2n) is 5.95. The Kier molecular flexibility index (Phi) is 4.02. The molecule has 5 heteroatoms. The van der Waals surface area contributed by atoms with E-state index < -0.39 is 5.91 Å². The number of ether oxygens (including phenoxy) is 1. The summed E-state index contributed by atoms with van der Waals surface area (Å²) in [6.07, 6.45) is 0.567. The van der Waals surface area contributed by atoms with Crippen LogP contribution < -0.4 is 10.1 Å². The summed E-state index contributed by atoms with van der Waals surface area (Å²) in [7, 11) is 1.53. The molecular weight excluding hydrogens is 270 g/mol. The number of carbonyl (C=O) groups excluding carboxylic acids is 2. The second-order valence-corrected chi connectivity index (χ2v) is 5.95. The van der Waals surface area contributed by atoms with Crippen LogP contribution in [-0.4, -0.2) is 23.9 Å². The van der Waals surface area contributed by atoms with Gasteiger partial charge in [-0.25, -0.2) is 0 Å². The fourth-order valence-corrected chi connectivity index (χ4v) is 2.44. The Morgan fingerprint density at radius 1 is 1.33 bits per heavy atom. The van der Waals surface area contributed by atoms with E-state index >= 15 is 0 Å². The standard InChI is InChI=1S/C16H19NO4/c1-16(2)8-12(18)14(13(19)9-16)15(20)17-10-5-4-6-11(7-10)21-3/h4-7,18H,8-9H2,1-3H3,(H,17,20). The number of anilines is 1. The minimum absolute atomic E-state index is 0.142. The number of Topliss-reactive ketones (excluding diaryl/α,β-unsaturated/α-hetero) is 1. The van der Waals surface area contributed by atoms with Gasteiger partial charge in [-0.2, -0.15) is 0 Å². The lowest BCUT2D eigenvalue weighted by Gasteiger charge is -2.29. The average molecular weight is 289 g/mol. The molecule has 0 heterocycles. The van der Waals surface area contributed by atoms with Crippen molar-refractivity contribution in [2.24, 2.45) is 5.41 Å². The number of nitrogens with one attached hydrogen (secondary N) is 1. The molecule has 1 amide bonds. The minimum Gasteiger partial charge on any atom is -0.511 e. The molecule has 0 spiro atoms. The number of hydrogen-bond donors (Lipinski definition) is 2. The summed E-state index contributed by atoms with van der Waals surface area (Å²) in [4.78, 5) is 24.3. The second kappa shape index (κ2) is 5.60. The number of benzene rings is 1. The highest BCUT2D eigenvalue weighted by molar-refractivity contribution is 6.24. The molecule has 2 N–H and O–H groups in total. The van der Waals surface area contributed by atoms with E-state index in [0.717, 1.165) is 0 Å². The highest BCUT2D eigenvalue weighted by Gasteiger charge is 2.36. The first-order chi connectivity index (χ1) is 9.82. The van der Waals surface area contributed by atoms with Gasteiger partial charge in [0, 0.05) is 24.6 Å². The maximum atomic E-state index is 12.2. The molecule has 2 rings (SSSR count). The predicted molar refractivity (Wildman–Crippen MR) is 79.3 cm³/mol. The van der Waals surface area contributed by atoms with E-state index in [9.17, 15) is 14.7 Å². The van der Waals surface area contributed by atoms with Crippen molar-refractivity contribution in [3.8, 4) is 5.75 Å². The van der Waals surface area contributed by atoms with E-state index in [2.05, 4.69) is 5.32 Å². The summed E-state index contributed by atoms with van der Waals surface area (Å²) in [6.45, 7) is 3.77. The average Bonchev–Trinajstić information content (AvgIpc) is 2.36. The Labute approximate surface area is 123 Å². The van der Waals surface area contributed by atoms with Crippen molar-refractivity contribution >= 4 is 17.4 Å². The van der Waals surface area contributed by atoms with Crippen LogP contribution in [0.15, 0.2) is 35.6 Å². The maximum Gasteiger partial charge on any atom is 0.262 e. The van der Waals surface area contributed by atoms with Crippen molar-refractivity contribution in [2.45, 2.75) is 26.7 Å². The number of hydrogen-bond acceptors (Lipinski definition) is 4. The van der Waals surface area contributed by atoms with Crippen LogP contribution in [0.2, 0.25) is 0 Å². The van der Waals surface area contributed by atoms with Gasteiger partial charge in [-0.1, -0.05) is 19.9 Å². The molecule has 0 fully saturated rings. The third kappa shape index (κ3) is 3.42. The fraction of sp³-hybridized carbons (Fsp3) is 0.375. The fourth-order valence-electron chi connectivity index (χ4n) is 2.44. The number of amides is 1. The Bertz CT molecular complexity index is 616. The zero-order valence-corrected chi connectivity index (χ0v) is 12.4. The molecule has 1 aromatic carbocycles. The van der Waals surface area contributed by atoms with Crippen LogP contribution in [0.4, 0.5) is 5.69 Å². The highest BCUT2D eigenvalue weighted by Crippen LogP contribution is 2.36. The molecule has 0 saturated carbocycles. The number of rotatable bonds is 3. The van der Waals surface area contributed by atoms with E-state index in [1.165, 1.54) is 7.11 Å². The van der Waals surface area contributed by atoms with Gasteiger partial charge >= 0.3 is 0 Å². The number of aliphatic hydroxyl groups excluding tert-OH is 1. The molecule has 21 heavy (non-hydrogen) atoms. The molecule has 1 aliphatic carbocycles. The van der Waals surface area contributed by atoms with Crippen LogP contribution >= 0.6 is 0 Å². The van der Waals surface area contributed by atoms with Gasteiger partial charge in [-0.3, -0.25) is 9.59 Å². The van der Waals surface area contributed by atoms with E-state index in [1.54, 1.807) is 24.3 Å². The van der Waals surface area contributed by atoms with Crippen molar-refractivity contribution in [1.29, 1.82) is 0 Å². The normalized spacial score (nSPS) is 17.6. The van der Waals surface area contributed by atoms with E-state index in [1.807, 2.05) is 13.8 Å². The van der Waals surface area contributed by atoms with Gasteiger partial charge in [0.05, 0.1) is 7.11 Å². The smallest absolute Gasteiger partial charge is 0.262 e. The molecule has 0 unspecified atom stereocenters. The molecule has 1 aromatic rings. The third-order valence-corrected chi connectivity index (χ3v) is 3.41. The van der Waals surface area contributed by atoms with Gasteiger partial charge in [0.1, 0.15) is 17.1 Å². The number of methoxy groups -OCH3 is 1. The predicted octanol–water partition coefficient (Wildman–Crippen LogP) is 2.83. The lowest BCUT2D eigenvalue weighted by atomic mass is 9.76. The molecular formula is C16H19NO4. The summed E-state index contributed by atoms with van der Waals surface area (Å²) in [5, 5.41) is 12.6. The molecule has 0 aromatic heterocycles. The summed E-state index contributed by atoms with van der Waals surface area (Å²) >= 11 is 0. The van der Waals surface area contributed by atoms with Crippen molar-refractivity contribution in [1.82, 2.24) is 0 Å². The van der Waals surface area contributed by atoms with Gasteiger partial charge in [0.25, 0.3) is 5.91 Å². The zero-order chi connectivity index (χ0) is 15.6. The van der Waals surface area contributed by atoms with Crippen LogP contribution in [0.3, 0.4) is 0 Å². The van der Waals surface area contributed by atoms with Gasteiger partial charge in [0.15, 0.2) is 5.78 Å². The monoisotopic (exact) mass is 289 g/mol. The molecule has 0 bridgehead atoms. The highest BCUT2D eigenvalue weighted by atomic mass is 16.5. The van der Waals surface area contributed by atoms with Gasteiger partial charge in [-0.15, -0.1) is 0 Å². The summed E-state index contributed by atoms with van der Waals surface area (Å²) < 4.78 is 5.07. The lowest BCUT2D eigenvalue weighted by Crippen LogP contribution is -2.31. The van der Waals surface area contributed by atoms with Crippen LogP contribution in [0.5, 0.6) is 5.75 Å². The van der Waals surface area contributed by atoms with Crippen molar-refractivity contribution in [3.05, 3.63) is 35.6 Å². The maximum absolute atomic E-state index is 12.2. The quantitative estimate of drug-likeness (QED) is 0.839. The van der Waals surface area contributed by atoms with E-state index in [-0.39, 0.29) is 29.0 Å². The first-order valence-corrected chi connectivity index (χ1v) is 6.73. The zero-order valence-electron chi connectivity index (χ0n) is 12.4. The number of ketones is 1. The van der Waals surface area contributed by atoms with Crippen molar-refractivity contribution < 1.29 is 19.4 Å². The van der Waals surface area contributed by atoms with E-state index in [0.29, 0.717) is 17.9 Å². The van der Waals surface area contributed by atoms with Gasteiger partial charge < -0.3 is 15.2 Å². The Balaban J connectivity index is 2.22. The molecule has 0 radical (unpaired) electrons. The van der Waals surface area contributed by atoms with Gasteiger partial charge in [0.2, 0.25) is 0 Å². The number of allylic oxidation sites excluding steroid dienone is 1.